The third kappa shape index (κ3) is 3.09. The summed E-state index contributed by atoms with van der Waals surface area (Å²) in [5.74, 6) is -1.72. The van der Waals surface area contributed by atoms with Gasteiger partial charge in [0.05, 0.1) is 18.6 Å². The first-order chi connectivity index (χ1) is 7.15. The van der Waals surface area contributed by atoms with Gasteiger partial charge in [0.15, 0.2) is 0 Å². The van der Waals surface area contributed by atoms with E-state index < -0.39 is 11.9 Å². The standard InChI is InChI=1S/C11H11O4/c1-2-15-11(14)9-6-4-3-5-8(9)7-10(12)13/h3-6H,2,7H2,1H3. The van der Waals surface area contributed by atoms with Crippen LogP contribution < -0.4 is 0 Å². The fraction of sp³-hybridized carbons (Fsp3) is 0.273. The Bertz CT molecular complexity index is 371. The summed E-state index contributed by atoms with van der Waals surface area (Å²) >= 11 is 0. The summed E-state index contributed by atoms with van der Waals surface area (Å²) in [7, 11) is 0. The maximum atomic E-state index is 11.4. The number of ether oxygens (including phenoxy) is 1. The van der Waals surface area contributed by atoms with Crippen molar-refractivity contribution in [3.63, 3.8) is 0 Å². The second-order valence-corrected chi connectivity index (χ2v) is 2.93. The van der Waals surface area contributed by atoms with E-state index in [1.807, 2.05) is 0 Å². The van der Waals surface area contributed by atoms with Gasteiger partial charge in [-0.25, -0.2) is 14.7 Å². The van der Waals surface area contributed by atoms with Gasteiger partial charge in [-0.3, -0.25) is 0 Å². The van der Waals surface area contributed by atoms with Gasteiger partial charge in [-0.2, -0.15) is 0 Å². The van der Waals surface area contributed by atoms with E-state index in [-0.39, 0.29) is 18.6 Å². The zero-order chi connectivity index (χ0) is 11.3. The summed E-state index contributed by atoms with van der Waals surface area (Å²) in [5.41, 5.74) is 0.694. The highest BCUT2D eigenvalue weighted by Gasteiger charge is 2.14. The first kappa shape index (κ1) is 11.2. The number of carbonyl (C=O) groups is 2. The van der Waals surface area contributed by atoms with Gasteiger partial charge in [0.2, 0.25) is 0 Å². The molecule has 0 aromatic heterocycles. The van der Waals surface area contributed by atoms with E-state index in [9.17, 15) is 14.7 Å². The average Bonchev–Trinajstić information content (AvgIpc) is 2.18. The van der Waals surface area contributed by atoms with E-state index in [2.05, 4.69) is 0 Å². The molecule has 0 aliphatic carbocycles. The first-order valence-corrected chi connectivity index (χ1v) is 4.60. The molecule has 0 fully saturated rings. The van der Waals surface area contributed by atoms with Crippen molar-refractivity contribution in [1.29, 1.82) is 0 Å². The van der Waals surface area contributed by atoms with Crippen LogP contribution in [0.25, 0.3) is 0 Å². The number of benzene rings is 1. The van der Waals surface area contributed by atoms with Gasteiger partial charge in [-0.1, -0.05) is 18.2 Å². The Hall–Kier alpha value is -1.84. The molecule has 1 rings (SSSR count). The monoisotopic (exact) mass is 207 g/mol. The van der Waals surface area contributed by atoms with Crippen molar-refractivity contribution in [3.8, 4) is 0 Å². The molecule has 0 N–H and O–H groups in total. The Kier molecular flexibility index (Phi) is 3.85. The highest BCUT2D eigenvalue weighted by Crippen LogP contribution is 2.11. The third-order valence-electron chi connectivity index (χ3n) is 1.85. The predicted molar refractivity (Wildman–Crippen MR) is 51.8 cm³/mol. The molecule has 0 heterocycles. The molecular weight excluding hydrogens is 196 g/mol. The Labute approximate surface area is 87.5 Å². The minimum Gasteiger partial charge on any atom is -0.462 e. The van der Waals surface area contributed by atoms with E-state index >= 15 is 0 Å². The number of hydrogen-bond acceptors (Lipinski definition) is 3. The van der Waals surface area contributed by atoms with Gasteiger partial charge in [-0.15, -0.1) is 0 Å². The van der Waals surface area contributed by atoms with Crippen LogP contribution in [0.1, 0.15) is 22.8 Å². The SMILES string of the molecule is CCOC(=O)c1ccccc1CC([O])=O. The molecule has 1 radical (unpaired) electrons. The van der Waals surface area contributed by atoms with Crippen LogP contribution in [0.4, 0.5) is 0 Å². The number of rotatable bonds is 4. The zero-order valence-corrected chi connectivity index (χ0v) is 8.36. The molecular formula is C11H11O4. The van der Waals surface area contributed by atoms with Gasteiger partial charge in [0, 0.05) is 0 Å². The predicted octanol–water partition coefficient (Wildman–Crippen LogP) is 1.36. The van der Waals surface area contributed by atoms with Gasteiger partial charge in [0.1, 0.15) is 0 Å². The van der Waals surface area contributed by atoms with Gasteiger partial charge >= 0.3 is 11.9 Å². The van der Waals surface area contributed by atoms with Crippen LogP contribution in [0.5, 0.6) is 0 Å². The van der Waals surface area contributed by atoms with E-state index in [0.717, 1.165) is 0 Å². The molecule has 79 valence electrons. The lowest BCUT2D eigenvalue weighted by Crippen LogP contribution is -2.10. The fourth-order valence-corrected chi connectivity index (χ4v) is 1.24. The lowest BCUT2D eigenvalue weighted by Gasteiger charge is -2.05. The molecule has 4 nitrogen and oxygen atoms in total. The number of hydrogen-bond donors (Lipinski definition) is 0. The van der Waals surface area contributed by atoms with Crippen LogP contribution in [0.15, 0.2) is 24.3 Å². The highest BCUT2D eigenvalue weighted by atomic mass is 16.5. The molecule has 0 aliphatic heterocycles. The summed E-state index contributed by atoms with van der Waals surface area (Å²) in [6.45, 7) is 1.96. The van der Waals surface area contributed by atoms with E-state index in [0.29, 0.717) is 5.56 Å². The molecule has 15 heavy (non-hydrogen) atoms. The molecule has 1 aromatic carbocycles. The second-order valence-electron chi connectivity index (χ2n) is 2.93. The lowest BCUT2D eigenvalue weighted by molar-refractivity contribution is -0.142. The van der Waals surface area contributed by atoms with Crippen molar-refractivity contribution < 1.29 is 19.4 Å². The van der Waals surface area contributed by atoms with E-state index in [1.165, 1.54) is 6.07 Å². The summed E-state index contributed by atoms with van der Waals surface area (Å²) in [6.07, 6.45) is -0.283. The average molecular weight is 207 g/mol. The molecule has 0 unspecified atom stereocenters. The van der Waals surface area contributed by atoms with Crippen molar-refractivity contribution in [2.24, 2.45) is 0 Å². The Balaban J connectivity index is 2.95. The maximum Gasteiger partial charge on any atom is 0.359 e. The topological polar surface area (TPSA) is 63.3 Å². The normalized spacial score (nSPS) is 9.67. The van der Waals surface area contributed by atoms with Crippen molar-refractivity contribution in [3.05, 3.63) is 35.4 Å². The molecule has 0 bridgehead atoms. The van der Waals surface area contributed by atoms with Crippen molar-refractivity contribution in [2.45, 2.75) is 13.3 Å². The molecule has 0 amide bonds. The van der Waals surface area contributed by atoms with Crippen molar-refractivity contribution >= 4 is 11.9 Å². The van der Waals surface area contributed by atoms with E-state index in [4.69, 9.17) is 4.74 Å². The molecule has 0 saturated carbocycles. The summed E-state index contributed by atoms with van der Waals surface area (Å²) in [5, 5.41) is 10.4. The molecule has 0 spiro atoms. The third-order valence-corrected chi connectivity index (χ3v) is 1.85. The largest absolute Gasteiger partial charge is 0.462 e. The van der Waals surface area contributed by atoms with Crippen molar-refractivity contribution in [1.82, 2.24) is 0 Å². The van der Waals surface area contributed by atoms with Crippen LogP contribution >= 0.6 is 0 Å². The maximum absolute atomic E-state index is 11.4. The molecule has 4 heteroatoms. The van der Waals surface area contributed by atoms with Crippen molar-refractivity contribution in [2.75, 3.05) is 6.61 Å². The molecule has 0 saturated heterocycles. The summed E-state index contributed by atoms with van der Waals surface area (Å²) in [6, 6.07) is 6.43. The summed E-state index contributed by atoms with van der Waals surface area (Å²) < 4.78 is 4.80. The lowest BCUT2D eigenvalue weighted by atomic mass is 10.1. The molecule has 0 atom stereocenters. The van der Waals surface area contributed by atoms with Gasteiger partial charge in [-0.05, 0) is 18.6 Å². The smallest absolute Gasteiger partial charge is 0.359 e. The summed E-state index contributed by atoms with van der Waals surface area (Å²) in [4.78, 5) is 21.8. The first-order valence-electron chi connectivity index (χ1n) is 4.60. The quantitative estimate of drug-likeness (QED) is 0.700. The Morgan fingerprint density at radius 3 is 2.53 bits per heavy atom. The Morgan fingerprint density at radius 2 is 1.93 bits per heavy atom. The fourth-order valence-electron chi connectivity index (χ4n) is 1.24. The van der Waals surface area contributed by atoms with Gasteiger partial charge in [0.25, 0.3) is 0 Å². The van der Waals surface area contributed by atoms with Crippen LogP contribution in [0, 0.1) is 0 Å². The molecule has 0 aliphatic rings. The molecule has 1 aromatic rings. The second kappa shape index (κ2) is 5.14. The van der Waals surface area contributed by atoms with Crippen LogP contribution in [-0.2, 0) is 21.1 Å². The van der Waals surface area contributed by atoms with Crippen LogP contribution in [-0.4, -0.2) is 18.5 Å². The van der Waals surface area contributed by atoms with Crippen LogP contribution in [0.2, 0.25) is 0 Å². The van der Waals surface area contributed by atoms with Crippen LogP contribution in [0.3, 0.4) is 0 Å². The minimum absolute atomic E-state index is 0.262. The number of esters is 1. The number of carbonyl (C=O) groups excluding carboxylic acids is 2. The Morgan fingerprint density at radius 1 is 1.27 bits per heavy atom. The van der Waals surface area contributed by atoms with E-state index in [1.54, 1.807) is 25.1 Å². The highest BCUT2D eigenvalue weighted by molar-refractivity contribution is 5.92. The van der Waals surface area contributed by atoms with Gasteiger partial charge < -0.3 is 4.74 Å². The zero-order valence-electron chi connectivity index (χ0n) is 8.36. The minimum atomic E-state index is -1.22.